The molecule has 1 aromatic carbocycles. The molecule has 0 radical (unpaired) electrons. The van der Waals surface area contributed by atoms with E-state index in [9.17, 15) is 0 Å². The molecule has 3 rings (SSSR count). The third-order valence-electron chi connectivity index (χ3n) is 2.82. The molecule has 0 aliphatic carbocycles. The fourth-order valence-corrected chi connectivity index (χ4v) is 1.97. The van der Waals surface area contributed by atoms with Crippen LogP contribution in [0.1, 0.15) is 11.5 Å². The van der Waals surface area contributed by atoms with E-state index >= 15 is 0 Å². The summed E-state index contributed by atoms with van der Waals surface area (Å²) in [5.74, 6) is 1.33. The predicted octanol–water partition coefficient (Wildman–Crippen LogP) is 1.60. The molecule has 2 aromatic heterocycles. The molecular formula is C13H14N4O2. The van der Waals surface area contributed by atoms with Crippen LogP contribution in [0.25, 0.3) is 11.0 Å². The normalized spacial score (nSPS) is 11.1. The zero-order valence-electron chi connectivity index (χ0n) is 10.5. The molecule has 0 fully saturated rings. The molecule has 0 saturated heterocycles. The van der Waals surface area contributed by atoms with Crippen molar-refractivity contribution >= 4 is 11.0 Å². The molecule has 0 atom stereocenters. The van der Waals surface area contributed by atoms with E-state index in [0.717, 1.165) is 16.7 Å². The summed E-state index contributed by atoms with van der Waals surface area (Å²) in [6.07, 6.45) is 1.81. The van der Waals surface area contributed by atoms with Crippen molar-refractivity contribution in [2.45, 2.75) is 13.2 Å². The summed E-state index contributed by atoms with van der Waals surface area (Å²) in [4.78, 5) is 0. The second-order valence-electron chi connectivity index (χ2n) is 4.23. The lowest BCUT2D eigenvalue weighted by Crippen LogP contribution is -2.01. The number of hydrogen-bond acceptors (Lipinski definition) is 5. The van der Waals surface area contributed by atoms with Gasteiger partial charge in [-0.2, -0.15) is 0 Å². The van der Waals surface area contributed by atoms with Crippen LogP contribution >= 0.6 is 0 Å². The lowest BCUT2D eigenvalue weighted by molar-refractivity contribution is 0.294. The van der Waals surface area contributed by atoms with Gasteiger partial charge in [-0.25, -0.2) is 0 Å². The summed E-state index contributed by atoms with van der Waals surface area (Å²) in [6.45, 7) is 0.634. The predicted molar refractivity (Wildman–Crippen MR) is 69.4 cm³/mol. The Labute approximate surface area is 109 Å². The Morgan fingerprint density at radius 1 is 1.37 bits per heavy atom. The van der Waals surface area contributed by atoms with Crippen LogP contribution in [-0.4, -0.2) is 15.0 Å². The number of rotatable bonds is 4. The lowest BCUT2D eigenvalue weighted by Gasteiger charge is -2.03. The van der Waals surface area contributed by atoms with Crippen LogP contribution < -0.4 is 10.5 Å². The number of furan rings is 1. The standard InChI is InChI=1S/C13H14N4O2/c1-17-7-9(15-16-17)8-18-13-10-4-2-3-5-11(10)19-12(13)6-14/h2-5,7H,6,8,14H2,1H3. The highest BCUT2D eigenvalue weighted by Crippen LogP contribution is 2.33. The van der Waals surface area contributed by atoms with Gasteiger partial charge in [0.15, 0.2) is 11.5 Å². The summed E-state index contributed by atoms with van der Waals surface area (Å²) < 4.78 is 13.1. The van der Waals surface area contributed by atoms with Crippen molar-refractivity contribution in [2.75, 3.05) is 0 Å². The number of fused-ring (bicyclic) bond motifs is 1. The summed E-state index contributed by atoms with van der Waals surface area (Å²) in [5, 5.41) is 8.76. The second-order valence-corrected chi connectivity index (χ2v) is 4.23. The number of aryl methyl sites for hydroxylation is 1. The highest BCUT2D eigenvalue weighted by molar-refractivity contribution is 5.85. The maximum Gasteiger partial charge on any atom is 0.170 e. The topological polar surface area (TPSA) is 79.1 Å². The van der Waals surface area contributed by atoms with Gasteiger partial charge >= 0.3 is 0 Å². The number of hydrogen-bond donors (Lipinski definition) is 1. The molecule has 2 heterocycles. The van der Waals surface area contributed by atoms with Crippen molar-refractivity contribution < 1.29 is 9.15 Å². The lowest BCUT2D eigenvalue weighted by atomic mass is 10.2. The number of para-hydroxylation sites is 1. The Balaban J connectivity index is 1.90. The first-order valence-corrected chi connectivity index (χ1v) is 5.96. The van der Waals surface area contributed by atoms with Crippen molar-refractivity contribution in [1.82, 2.24) is 15.0 Å². The zero-order chi connectivity index (χ0) is 13.2. The zero-order valence-corrected chi connectivity index (χ0v) is 10.5. The molecule has 2 N–H and O–H groups in total. The van der Waals surface area contributed by atoms with E-state index in [1.807, 2.05) is 37.5 Å². The summed E-state index contributed by atoms with van der Waals surface area (Å²) >= 11 is 0. The highest BCUT2D eigenvalue weighted by atomic mass is 16.5. The Hall–Kier alpha value is -2.34. The average molecular weight is 258 g/mol. The van der Waals surface area contributed by atoms with Gasteiger partial charge in [-0.05, 0) is 12.1 Å². The molecular weight excluding hydrogens is 244 g/mol. The fourth-order valence-electron chi connectivity index (χ4n) is 1.97. The monoisotopic (exact) mass is 258 g/mol. The molecule has 3 aromatic rings. The van der Waals surface area contributed by atoms with Crippen molar-refractivity contribution in [3.63, 3.8) is 0 Å². The van der Waals surface area contributed by atoms with E-state index in [-0.39, 0.29) is 0 Å². The molecule has 0 bridgehead atoms. The van der Waals surface area contributed by atoms with E-state index in [1.54, 1.807) is 4.68 Å². The Kier molecular flexibility index (Phi) is 2.92. The number of ether oxygens (including phenoxy) is 1. The van der Waals surface area contributed by atoms with Gasteiger partial charge in [0.2, 0.25) is 0 Å². The van der Waals surface area contributed by atoms with Crippen molar-refractivity contribution in [3.05, 3.63) is 41.9 Å². The van der Waals surface area contributed by atoms with E-state index in [0.29, 0.717) is 24.7 Å². The maximum absolute atomic E-state index is 5.79. The first-order valence-electron chi connectivity index (χ1n) is 5.96. The molecule has 98 valence electrons. The van der Waals surface area contributed by atoms with Crippen LogP contribution in [0.4, 0.5) is 0 Å². The SMILES string of the molecule is Cn1cc(COc2c(CN)oc3ccccc23)nn1. The average Bonchev–Trinajstić information content (AvgIpc) is 2.99. The largest absolute Gasteiger partial charge is 0.483 e. The smallest absolute Gasteiger partial charge is 0.170 e. The van der Waals surface area contributed by atoms with Crippen molar-refractivity contribution in [2.24, 2.45) is 12.8 Å². The second kappa shape index (κ2) is 4.74. The molecule has 0 aliphatic rings. The Morgan fingerprint density at radius 3 is 2.95 bits per heavy atom. The van der Waals surface area contributed by atoms with Gasteiger partial charge in [0.25, 0.3) is 0 Å². The van der Waals surface area contributed by atoms with Gasteiger partial charge in [0, 0.05) is 7.05 Å². The van der Waals surface area contributed by atoms with Crippen LogP contribution in [0.15, 0.2) is 34.9 Å². The van der Waals surface area contributed by atoms with Crippen LogP contribution in [0.5, 0.6) is 5.75 Å². The molecule has 0 spiro atoms. The van der Waals surface area contributed by atoms with Crippen LogP contribution in [0.2, 0.25) is 0 Å². The van der Waals surface area contributed by atoms with Crippen molar-refractivity contribution in [1.29, 1.82) is 0 Å². The number of benzene rings is 1. The summed E-state index contributed by atoms with van der Waals surface area (Å²) in [5.41, 5.74) is 7.22. The minimum atomic E-state index is 0.296. The fraction of sp³-hybridized carbons (Fsp3) is 0.231. The van der Waals surface area contributed by atoms with Crippen LogP contribution in [0.3, 0.4) is 0 Å². The minimum absolute atomic E-state index is 0.296. The molecule has 6 heteroatoms. The minimum Gasteiger partial charge on any atom is -0.483 e. The molecule has 6 nitrogen and oxygen atoms in total. The van der Waals surface area contributed by atoms with Crippen LogP contribution in [0, 0.1) is 0 Å². The molecule has 0 unspecified atom stereocenters. The summed E-state index contributed by atoms with van der Waals surface area (Å²) in [6, 6.07) is 7.69. The van der Waals surface area contributed by atoms with Gasteiger partial charge in [-0.1, -0.05) is 17.3 Å². The molecule has 19 heavy (non-hydrogen) atoms. The number of nitrogens with two attached hydrogens (primary N) is 1. The first kappa shape index (κ1) is 11.7. The third-order valence-corrected chi connectivity index (χ3v) is 2.82. The summed E-state index contributed by atoms with van der Waals surface area (Å²) in [7, 11) is 1.81. The van der Waals surface area contributed by atoms with Crippen LogP contribution in [-0.2, 0) is 20.2 Å². The molecule has 0 saturated carbocycles. The number of nitrogens with zero attached hydrogens (tertiary/aromatic N) is 3. The van der Waals surface area contributed by atoms with E-state index in [4.69, 9.17) is 14.9 Å². The highest BCUT2D eigenvalue weighted by Gasteiger charge is 2.14. The van der Waals surface area contributed by atoms with Gasteiger partial charge < -0.3 is 14.9 Å². The maximum atomic E-state index is 5.79. The first-order chi connectivity index (χ1) is 9.28. The van der Waals surface area contributed by atoms with Gasteiger partial charge in [0.1, 0.15) is 17.9 Å². The van der Waals surface area contributed by atoms with Gasteiger partial charge in [0.05, 0.1) is 18.1 Å². The van der Waals surface area contributed by atoms with Gasteiger partial charge in [-0.3, -0.25) is 4.68 Å². The quantitative estimate of drug-likeness (QED) is 0.769. The Bertz CT molecular complexity index is 702. The third kappa shape index (κ3) is 2.17. The number of aromatic nitrogens is 3. The van der Waals surface area contributed by atoms with E-state index < -0.39 is 0 Å². The van der Waals surface area contributed by atoms with E-state index in [2.05, 4.69) is 10.3 Å². The Morgan fingerprint density at radius 2 is 2.21 bits per heavy atom. The molecule has 0 aliphatic heterocycles. The van der Waals surface area contributed by atoms with Crippen molar-refractivity contribution in [3.8, 4) is 5.75 Å². The molecule has 0 amide bonds. The van der Waals surface area contributed by atoms with E-state index in [1.165, 1.54) is 0 Å². The van der Waals surface area contributed by atoms with Gasteiger partial charge in [-0.15, -0.1) is 5.10 Å².